The predicted molar refractivity (Wildman–Crippen MR) is 349 cm³/mol. The maximum Gasteiger partial charge on any atom is 0.472 e. The Balaban J connectivity index is 5.19. The van der Waals surface area contributed by atoms with E-state index in [1.165, 1.54) is 148 Å². The fraction of sp³-hybridized carbons (Fsp3) is 0.941. The van der Waals surface area contributed by atoms with Crippen molar-refractivity contribution in [2.75, 3.05) is 39.6 Å². The molecule has 19 heteroatoms. The zero-order chi connectivity index (χ0) is 64.3. The fourth-order valence-corrected chi connectivity index (χ4v) is 11.8. The van der Waals surface area contributed by atoms with Crippen LogP contribution in [-0.2, 0) is 65.4 Å². The van der Waals surface area contributed by atoms with Crippen LogP contribution in [-0.4, -0.2) is 96.7 Å². The van der Waals surface area contributed by atoms with Gasteiger partial charge in [0.15, 0.2) is 12.2 Å². The lowest BCUT2D eigenvalue weighted by Crippen LogP contribution is -2.30. The number of unbranched alkanes of at least 4 members (excludes halogenated alkanes) is 35. The van der Waals surface area contributed by atoms with Gasteiger partial charge in [0, 0.05) is 25.7 Å². The van der Waals surface area contributed by atoms with E-state index in [9.17, 15) is 43.2 Å². The number of phosphoric acid groups is 2. The normalized spacial score (nSPS) is 14.8. The molecule has 0 bridgehead atoms. The summed E-state index contributed by atoms with van der Waals surface area (Å²) in [6, 6.07) is 0. The van der Waals surface area contributed by atoms with Crippen molar-refractivity contribution < 1.29 is 80.2 Å². The van der Waals surface area contributed by atoms with Crippen LogP contribution in [0.2, 0.25) is 0 Å². The van der Waals surface area contributed by atoms with Gasteiger partial charge in [-0.15, -0.1) is 0 Å². The van der Waals surface area contributed by atoms with Gasteiger partial charge in [0.1, 0.15) is 19.3 Å². The first kappa shape index (κ1) is 85.1. The number of carbonyl (C=O) groups is 4. The molecule has 87 heavy (non-hydrogen) atoms. The summed E-state index contributed by atoms with van der Waals surface area (Å²) >= 11 is 0. The summed E-state index contributed by atoms with van der Waals surface area (Å²) in [5.41, 5.74) is 0. The molecule has 0 saturated heterocycles. The van der Waals surface area contributed by atoms with Gasteiger partial charge in [-0.05, 0) is 37.5 Å². The van der Waals surface area contributed by atoms with Crippen molar-refractivity contribution in [3.05, 3.63) is 0 Å². The number of aliphatic hydroxyl groups excluding tert-OH is 1. The van der Waals surface area contributed by atoms with Crippen molar-refractivity contribution in [3.63, 3.8) is 0 Å². The Hall–Kier alpha value is -1.94. The van der Waals surface area contributed by atoms with Crippen LogP contribution in [0.4, 0.5) is 0 Å². The van der Waals surface area contributed by atoms with Crippen LogP contribution in [0.3, 0.4) is 0 Å². The lowest BCUT2D eigenvalue weighted by Gasteiger charge is -2.21. The summed E-state index contributed by atoms with van der Waals surface area (Å²) in [5, 5.41) is 10.6. The van der Waals surface area contributed by atoms with Gasteiger partial charge in [-0.2, -0.15) is 0 Å². The van der Waals surface area contributed by atoms with Crippen LogP contribution < -0.4 is 0 Å². The standard InChI is InChI=1S/C68H132O17P2/c1-7-11-13-15-17-18-26-34-40-46-52-67(72)84-63(56-78-65(70)50-44-38-30-16-14-12-8-2)58-82-86(74,75)80-54-62(69)55-81-87(76,77)83-59-64(57-79-66(71)51-45-39-33-29-28-32-37-43-49-61(6)10-4)85-68(73)53-47-41-35-27-24-22-20-19-21-23-25-31-36-42-48-60(5)9-3/h60-64,69H,7-59H2,1-6H3,(H,74,75)(H,76,77)/t60?,61?,62-,63+,64+/m0/s1. The minimum Gasteiger partial charge on any atom is -0.462 e. The number of phosphoric ester groups is 2. The number of hydrogen-bond donors (Lipinski definition) is 3. The van der Waals surface area contributed by atoms with Gasteiger partial charge in [-0.1, -0.05) is 292 Å². The summed E-state index contributed by atoms with van der Waals surface area (Å²) < 4.78 is 68.1. The summed E-state index contributed by atoms with van der Waals surface area (Å²) in [6.45, 7) is 9.54. The molecular weight excluding hydrogens is 1150 g/mol. The van der Waals surface area contributed by atoms with Crippen molar-refractivity contribution in [1.29, 1.82) is 0 Å². The number of esters is 4. The molecule has 516 valence electrons. The molecule has 0 aliphatic carbocycles. The molecule has 0 heterocycles. The number of rotatable bonds is 67. The van der Waals surface area contributed by atoms with Crippen LogP contribution >= 0.6 is 15.6 Å². The van der Waals surface area contributed by atoms with E-state index in [2.05, 4.69) is 41.5 Å². The van der Waals surface area contributed by atoms with Gasteiger partial charge < -0.3 is 33.8 Å². The molecule has 0 amide bonds. The highest BCUT2D eigenvalue weighted by Crippen LogP contribution is 2.45. The Labute approximate surface area is 530 Å². The second kappa shape index (κ2) is 60.3. The van der Waals surface area contributed by atoms with Gasteiger partial charge in [-0.3, -0.25) is 37.3 Å². The number of ether oxygens (including phenoxy) is 4. The quantitative estimate of drug-likeness (QED) is 0.0222. The zero-order valence-electron chi connectivity index (χ0n) is 56.3. The van der Waals surface area contributed by atoms with Crippen LogP contribution in [0.1, 0.15) is 343 Å². The molecule has 17 nitrogen and oxygen atoms in total. The minimum absolute atomic E-state index is 0.106. The Morgan fingerprint density at radius 3 is 0.816 bits per heavy atom. The van der Waals surface area contributed by atoms with E-state index in [0.29, 0.717) is 25.7 Å². The summed E-state index contributed by atoms with van der Waals surface area (Å²) in [6.07, 6.45) is 44.4. The third-order valence-corrected chi connectivity index (χ3v) is 18.3. The molecule has 0 aromatic rings. The zero-order valence-corrected chi connectivity index (χ0v) is 58.1. The first-order valence-electron chi connectivity index (χ1n) is 35.6. The first-order valence-corrected chi connectivity index (χ1v) is 38.6. The Bertz CT molecular complexity index is 1700. The lowest BCUT2D eigenvalue weighted by molar-refractivity contribution is -0.161. The molecule has 0 aliphatic heterocycles. The van der Waals surface area contributed by atoms with E-state index >= 15 is 0 Å². The highest BCUT2D eigenvalue weighted by atomic mass is 31.2. The Morgan fingerprint density at radius 2 is 0.552 bits per heavy atom. The molecule has 0 spiro atoms. The Morgan fingerprint density at radius 1 is 0.322 bits per heavy atom. The largest absolute Gasteiger partial charge is 0.472 e. The summed E-state index contributed by atoms with van der Waals surface area (Å²) in [4.78, 5) is 72.3. The molecule has 0 aliphatic rings. The summed E-state index contributed by atoms with van der Waals surface area (Å²) in [7, 11) is -9.89. The second-order valence-electron chi connectivity index (χ2n) is 25.0. The van der Waals surface area contributed by atoms with E-state index in [4.69, 9.17) is 37.0 Å². The molecule has 0 rings (SSSR count). The molecule has 0 aromatic carbocycles. The molecule has 3 N–H and O–H groups in total. The van der Waals surface area contributed by atoms with Crippen molar-refractivity contribution in [3.8, 4) is 0 Å². The van der Waals surface area contributed by atoms with Gasteiger partial charge >= 0.3 is 39.5 Å². The smallest absolute Gasteiger partial charge is 0.462 e. The van der Waals surface area contributed by atoms with Crippen LogP contribution in [0, 0.1) is 11.8 Å². The highest BCUT2D eigenvalue weighted by molar-refractivity contribution is 7.47. The van der Waals surface area contributed by atoms with E-state index in [0.717, 1.165) is 115 Å². The monoisotopic (exact) mass is 1280 g/mol. The number of aliphatic hydroxyl groups is 1. The topological polar surface area (TPSA) is 237 Å². The second-order valence-corrected chi connectivity index (χ2v) is 28.0. The third kappa shape index (κ3) is 60.1. The molecule has 0 aromatic heterocycles. The van der Waals surface area contributed by atoms with E-state index in [1.54, 1.807) is 0 Å². The van der Waals surface area contributed by atoms with Crippen LogP contribution in [0.5, 0.6) is 0 Å². The maximum atomic E-state index is 13.0. The van der Waals surface area contributed by atoms with Gasteiger partial charge in [0.25, 0.3) is 0 Å². The van der Waals surface area contributed by atoms with Crippen LogP contribution in [0.25, 0.3) is 0 Å². The Kier molecular flexibility index (Phi) is 59.0. The van der Waals surface area contributed by atoms with E-state index < -0.39 is 97.5 Å². The fourth-order valence-electron chi connectivity index (χ4n) is 10.2. The highest BCUT2D eigenvalue weighted by Gasteiger charge is 2.30. The maximum absolute atomic E-state index is 13.0. The van der Waals surface area contributed by atoms with Crippen LogP contribution in [0.15, 0.2) is 0 Å². The lowest BCUT2D eigenvalue weighted by atomic mass is 9.99. The molecule has 0 saturated carbocycles. The van der Waals surface area contributed by atoms with E-state index in [1.807, 2.05) is 0 Å². The molecular formula is C68H132O17P2. The minimum atomic E-state index is -4.95. The molecule has 0 fully saturated rings. The van der Waals surface area contributed by atoms with Gasteiger partial charge in [0.05, 0.1) is 26.4 Å². The molecule has 4 unspecified atom stereocenters. The van der Waals surface area contributed by atoms with Gasteiger partial charge in [-0.25, -0.2) is 9.13 Å². The molecule has 7 atom stereocenters. The third-order valence-electron chi connectivity index (χ3n) is 16.4. The first-order chi connectivity index (χ1) is 41.9. The SMILES string of the molecule is CCCCCCCCCCCCC(=O)O[C@H](COC(=O)CCCCCCCCC)COP(=O)(O)OC[C@H](O)COP(=O)(O)OC[C@@H](COC(=O)CCCCCCCCCCC(C)CC)OC(=O)CCCCCCCCCCCCCCCCC(C)CC. The molecule has 0 radical (unpaired) electrons. The average molecular weight is 1280 g/mol. The van der Waals surface area contributed by atoms with Crippen molar-refractivity contribution in [2.45, 2.75) is 362 Å². The van der Waals surface area contributed by atoms with Crippen molar-refractivity contribution >= 4 is 39.5 Å². The number of carbonyl (C=O) groups excluding carboxylic acids is 4. The summed E-state index contributed by atoms with van der Waals surface area (Å²) in [5.74, 6) is -0.509. The van der Waals surface area contributed by atoms with Crippen molar-refractivity contribution in [1.82, 2.24) is 0 Å². The van der Waals surface area contributed by atoms with Gasteiger partial charge in [0.2, 0.25) is 0 Å². The van der Waals surface area contributed by atoms with E-state index in [-0.39, 0.29) is 25.7 Å². The number of hydrogen-bond acceptors (Lipinski definition) is 15. The van der Waals surface area contributed by atoms with Crippen molar-refractivity contribution in [2.24, 2.45) is 11.8 Å². The predicted octanol–water partition coefficient (Wildman–Crippen LogP) is 19.2. The average Bonchev–Trinajstić information content (AvgIpc) is 3.71.